The van der Waals surface area contributed by atoms with Crippen molar-refractivity contribution in [3.63, 3.8) is 0 Å². The summed E-state index contributed by atoms with van der Waals surface area (Å²) in [5, 5.41) is 0.298. The molecule has 1 heterocycles. The van der Waals surface area contributed by atoms with Gasteiger partial charge in [0, 0.05) is 16.8 Å². The summed E-state index contributed by atoms with van der Waals surface area (Å²) in [6.45, 7) is 1.78. The number of nitrogens with zero attached hydrogens (tertiary/aromatic N) is 1. The fourth-order valence-corrected chi connectivity index (χ4v) is 2.73. The van der Waals surface area contributed by atoms with E-state index in [-0.39, 0.29) is 11.6 Å². The molecule has 0 amide bonds. The van der Waals surface area contributed by atoms with Gasteiger partial charge in [-0.3, -0.25) is 9.59 Å². The maximum Gasteiger partial charge on any atom is 0.178 e. The van der Waals surface area contributed by atoms with Gasteiger partial charge in [-0.1, -0.05) is 35.9 Å². The van der Waals surface area contributed by atoms with Crippen LogP contribution in [0.1, 0.15) is 37.9 Å². The molecule has 94 valence electrons. The van der Waals surface area contributed by atoms with E-state index in [4.69, 9.17) is 11.6 Å². The summed E-state index contributed by atoms with van der Waals surface area (Å²) in [4.78, 5) is 28.7. The van der Waals surface area contributed by atoms with Crippen molar-refractivity contribution in [3.05, 3.63) is 63.9 Å². The highest BCUT2D eigenvalue weighted by atomic mass is 35.5. The molecule has 1 aromatic heterocycles. The predicted octanol–water partition coefficient (Wildman–Crippen LogP) is 3.21. The van der Waals surface area contributed by atoms with E-state index >= 15 is 0 Å². The molecule has 19 heavy (non-hydrogen) atoms. The maximum atomic E-state index is 12.3. The van der Waals surface area contributed by atoms with Crippen LogP contribution in [0, 0.1) is 6.92 Å². The summed E-state index contributed by atoms with van der Waals surface area (Å²) in [7, 11) is 0. The van der Waals surface area contributed by atoms with Gasteiger partial charge in [-0.05, 0) is 24.6 Å². The van der Waals surface area contributed by atoms with Crippen LogP contribution in [0.25, 0.3) is 0 Å². The lowest BCUT2D eigenvalue weighted by Crippen LogP contribution is -2.13. The normalized spacial score (nSPS) is 14.8. The number of pyridine rings is 1. The fourth-order valence-electron chi connectivity index (χ4n) is 2.47. The van der Waals surface area contributed by atoms with Crippen LogP contribution in [0.4, 0.5) is 0 Å². The molecule has 0 atom stereocenters. The summed E-state index contributed by atoms with van der Waals surface area (Å²) in [5.74, 6) is -1.11. The lowest BCUT2D eigenvalue weighted by molar-refractivity contribution is 0.0890. The number of hydrogen-bond donors (Lipinski definition) is 0. The van der Waals surface area contributed by atoms with Crippen LogP contribution in [0.5, 0.6) is 0 Å². The highest BCUT2D eigenvalue weighted by molar-refractivity contribution is 6.31. The second-order valence-corrected chi connectivity index (χ2v) is 4.96. The summed E-state index contributed by atoms with van der Waals surface area (Å²) in [6, 6.07) is 10.2. The number of carbonyl (C=O) groups is 2. The minimum Gasteiger partial charge on any atom is -0.293 e. The molecule has 0 saturated carbocycles. The average Bonchev–Trinajstić information content (AvgIpc) is 2.61. The van der Waals surface area contributed by atoms with Crippen molar-refractivity contribution in [3.8, 4) is 0 Å². The Labute approximate surface area is 115 Å². The number of aryl methyl sites for hydroxylation is 1. The van der Waals surface area contributed by atoms with Crippen LogP contribution in [0.2, 0.25) is 5.15 Å². The Morgan fingerprint density at radius 3 is 2.16 bits per heavy atom. The van der Waals surface area contributed by atoms with Crippen LogP contribution in [-0.4, -0.2) is 16.6 Å². The monoisotopic (exact) mass is 271 g/mol. The molecular weight excluding hydrogens is 262 g/mol. The molecule has 0 radical (unpaired) electrons. The van der Waals surface area contributed by atoms with E-state index in [0.717, 1.165) is 0 Å². The highest BCUT2D eigenvalue weighted by Gasteiger charge is 2.39. The molecule has 0 fully saturated rings. The molecule has 0 saturated heterocycles. The molecule has 1 aliphatic rings. The number of Topliss-reactive ketones (excluding diaryl/α,β-unsaturated/α-hetero) is 2. The second-order valence-electron chi connectivity index (χ2n) is 4.57. The number of fused-ring (bicyclic) bond motifs is 1. The quantitative estimate of drug-likeness (QED) is 0.591. The van der Waals surface area contributed by atoms with E-state index in [1.807, 2.05) is 0 Å². The largest absolute Gasteiger partial charge is 0.293 e. The minimum absolute atomic E-state index is 0.165. The first-order valence-electron chi connectivity index (χ1n) is 5.89. The first-order valence-corrected chi connectivity index (χ1v) is 6.27. The van der Waals surface area contributed by atoms with Crippen molar-refractivity contribution < 1.29 is 9.59 Å². The number of carbonyl (C=O) groups excluding carboxylic acids is 2. The van der Waals surface area contributed by atoms with Gasteiger partial charge in [0.05, 0.1) is 0 Å². The van der Waals surface area contributed by atoms with E-state index < -0.39 is 5.92 Å². The van der Waals surface area contributed by atoms with E-state index in [1.54, 1.807) is 43.3 Å². The molecule has 3 nitrogen and oxygen atoms in total. The van der Waals surface area contributed by atoms with Crippen molar-refractivity contribution in [2.45, 2.75) is 12.8 Å². The molecule has 4 heteroatoms. The Balaban J connectivity index is 2.14. The van der Waals surface area contributed by atoms with Gasteiger partial charge in [0.25, 0.3) is 0 Å². The van der Waals surface area contributed by atoms with Crippen molar-refractivity contribution in [1.29, 1.82) is 0 Å². The van der Waals surface area contributed by atoms with Crippen LogP contribution in [0.15, 0.2) is 36.4 Å². The van der Waals surface area contributed by atoms with Crippen molar-refractivity contribution >= 4 is 23.2 Å². The standard InChI is InChI=1S/C15H10ClNO2/c1-8-6-9(7-12(16)17-8)13-14(18)10-4-2-3-5-11(10)15(13)19/h2-7,13H,1H3. The van der Waals surface area contributed by atoms with Gasteiger partial charge in [-0.2, -0.15) is 0 Å². The third-order valence-corrected chi connectivity index (χ3v) is 3.45. The SMILES string of the molecule is Cc1cc(C2C(=O)c3ccccc3C2=O)cc(Cl)n1. The number of aromatic nitrogens is 1. The number of rotatable bonds is 1. The van der Waals surface area contributed by atoms with E-state index in [2.05, 4.69) is 4.98 Å². The number of hydrogen-bond acceptors (Lipinski definition) is 3. The molecule has 1 aliphatic carbocycles. The van der Waals surface area contributed by atoms with Crippen LogP contribution >= 0.6 is 11.6 Å². The summed E-state index contributed by atoms with van der Waals surface area (Å²) < 4.78 is 0. The molecule has 2 aromatic rings. The summed E-state index contributed by atoms with van der Waals surface area (Å²) in [6.07, 6.45) is 0. The Bertz CT molecular complexity index is 654. The lowest BCUT2D eigenvalue weighted by atomic mass is 9.94. The predicted molar refractivity (Wildman–Crippen MR) is 71.8 cm³/mol. The molecule has 0 spiro atoms. The number of halogens is 1. The van der Waals surface area contributed by atoms with Gasteiger partial charge in [-0.15, -0.1) is 0 Å². The van der Waals surface area contributed by atoms with E-state index in [1.165, 1.54) is 0 Å². The number of ketones is 2. The topological polar surface area (TPSA) is 47.0 Å². The van der Waals surface area contributed by atoms with Crippen molar-refractivity contribution in [1.82, 2.24) is 4.98 Å². The highest BCUT2D eigenvalue weighted by Crippen LogP contribution is 2.34. The molecule has 0 aliphatic heterocycles. The summed E-state index contributed by atoms with van der Waals surface area (Å²) in [5.41, 5.74) is 2.29. The molecule has 0 N–H and O–H groups in total. The van der Waals surface area contributed by atoms with Gasteiger partial charge in [0.1, 0.15) is 11.1 Å². The van der Waals surface area contributed by atoms with Crippen LogP contribution < -0.4 is 0 Å². The van der Waals surface area contributed by atoms with E-state index in [9.17, 15) is 9.59 Å². The van der Waals surface area contributed by atoms with Gasteiger partial charge in [0.15, 0.2) is 11.6 Å². The smallest absolute Gasteiger partial charge is 0.178 e. The Hall–Kier alpha value is -2.00. The fraction of sp³-hybridized carbons (Fsp3) is 0.133. The average molecular weight is 272 g/mol. The van der Waals surface area contributed by atoms with Gasteiger partial charge in [-0.25, -0.2) is 4.98 Å². The summed E-state index contributed by atoms with van der Waals surface area (Å²) >= 11 is 5.90. The Morgan fingerprint density at radius 1 is 1.05 bits per heavy atom. The van der Waals surface area contributed by atoms with Crippen molar-refractivity contribution in [2.75, 3.05) is 0 Å². The van der Waals surface area contributed by atoms with Crippen LogP contribution in [0.3, 0.4) is 0 Å². The molecule has 1 aromatic carbocycles. The first-order chi connectivity index (χ1) is 9.08. The van der Waals surface area contributed by atoms with Crippen LogP contribution in [-0.2, 0) is 0 Å². The third kappa shape index (κ3) is 1.87. The molecule has 3 rings (SSSR count). The third-order valence-electron chi connectivity index (χ3n) is 3.26. The maximum absolute atomic E-state index is 12.3. The minimum atomic E-state index is -0.781. The Kier molecular flexibility index (Phi) is 2.72. The van der Waals surface area contributed by atoms with Gasteiger partial charge in [0.2, 0.25) is 0 Å². The Morgan fingerprint density at radius 2 is 1.63 bits per heavy atom. The molecule has 0 bridgehead atoms. The zero-order chi connectivity index (χ0) is 13.6. The first kappa shape index (κ1) is 12.1. The number of benzene rings is 1. The van der Waals surface area contributed by atoms with E-state index in [0.29, 0.717) is 27.5 Å². The molecular formula is C15H10ClNO2. The molecule has 0 unspecified atom stereocenters. The zero-order valence-corrected chi connectivity index (χ0v) is 10.9. The zero-order valence-electron chi connectivity index (χ0n) is 10.2. The van der Waals surface area contributed by atoms with Gasteiger partial charge < -0.3 is 0 Å². The second kappa shape index (κ2) is 4.28. The lowest BCUT2D eigenvalue weighted by Gasteiger charge is -2.08. The van der Waals surface area contributed by atoms with Gasteiger partial charge >= 0.3 is 0 Å². The van der Waals surface area contributed by atoms with Crippen molar-refractivity contribution in [2.24, 2.45) is 0 Å².